The van der Waals surface area contributed by atoms with Gasteiger partial charge in [0.25, 0.3) is 0 Å². The van der Waals surface area contributed by atoms with Gasteiger partial charge in [-0.25, -0.2) is 0 Å². The van der Waals surface area contributed by atoms with Crippen LogP contribution in [-0.2, 0) is 0 Å². The van der Waals surface area contributed by atoms with Crippen LogP contribution in [0.25, 0.3) is 0 Å². The highest BCUT2D eigenvalue weighted by Crippen LogP contribution is 2.02. The molecule has 0 unspecified atom stereocenters. The SMILES string of the molecule is [C]c1ccccc1C. The molecular weight excluding hydrogens is 96.1 g/mol. The first-order valence-electron chi connectivity index (χ1n) is 2.58. The first-order valence-corrected chi connectivity index (χ1v) is 2.58. The average Bonchev–Trinajstić information content (AvgIpc) is 1.77. The van der Waals surface area contributed by atoms with Gasteiger partial charge in [0.2, 0.25) is 0 Å². The van der Waals surface area contributed by atoms with Crippen LogP contribution in [0.3, 0.4) is 0 Å². The molecule has 0 atom stereocenters. The van der Waals surface area contributed by atoms with E-state index in [2.05, 4.69) is 0 Å². The van der Waals surface area contributed by atoms with Gasteiger partial charge in [-0.1, -0.05) is 24.3 Å². The van der Waals surface area contributed by atoms with E-state index in [9.17, 15) is 0 Å². The van der Waals surface area contributed by atoms with Gasteiger partial charge in [0.1, 0.15) is 0 Å². The van der Waals surface area contributed by atoms with Crippen molar-refractivity contribution in [2.75, 3.05) is 0 Å². The molecule has 0 aromatic heterocycles. The summed E-state index contributed by atoms with van der Waals surface area (Å²) in [5.41, 5.74) is 1.65. The molecule has 0 aliphatic carbocycles. The van der Waals surface area contributed by atoms with Crippen LogP contribution in [0.5, 0.6) is 0 Å². The second-order valence-corrected chi connectivity index (χ2v) is 1.81. The zero-order chi connectivity index (χ0) is 5.98. The van der Waals surface area contributed by atoms with Crippen molar-refractivity contribution in [2.24, 2.45) is 0 Å². The van der Waals surface area contributed by atoms with Crippen molar-refractivity contribution >= 4 is 0 Å². The van der Waals surface area contributed by atoms with Crippen LogP contribution in [0.4, 0.5) is 0 Å². The molecule has 0 saturated heterocycles. The number of hydrogen-bond acceptors (Lipinski definition) is 0. The predicted molar refractivity (Wildman–Crippen MR) is 33.5 cm³/mol. The van der Waals surface area contributed by atoms with Crippen molar-refractivity contribution in [2.45, 2.75) is 6.92 Å². The van der Waals surface area contributed by atoms with Crippen molar-refractivity contribution in [3.05, 3.63) is 42.3 Å². The highest BCUT2D eigenvalue weighted by Gasteiger charge is 1.84. The fourth-order valence-electron chi connectivity index (χ4n) is 0.573. The Kier molecular flexibility index (Phi) is 1.34. The summed E-state index contributed by atoms with van der Waals surface area (Å²) in [5, 5.41) is 0. The van der Waals surface area contributed by atoms with Gasteiger partial charge >= 0.3 is 0 Å². The molecule has 0 heterocycles. The van der Waals surface area contributed by atoms with E-state index < -0.39 is 0 Å². The minimum absolute atomic E-state index is 0.618. The molecule has 0 N–H and O–H groups in total. The summed E-state index contributed by atoms with van der Waals surface area (Å²) in [6.45, 7) is 9.15. The maximum Gasteiger partial charge on any atom is 0.0302 e. The first kappa shape index (κ1) is 5.36. The summed E-state index contributed by atoms with van der Waals surface area (Å²) in [4.78, 5) is 0. The molecule has 0 fully saturated rings. The summed E-state index contributed by atoms with van der Waals surface area (Å²) in [7, 11) is 0. The first-order chi connectivity index (χ1) is 3.80. The Balaban J connectivity index is 3.13. The molecule has 0 heteroatoms. The third kappa shape index (κ3) is 0.890. The average molecular weight is 103 g/mol. The van der Waals surface area contributed by atoms with Gasteiger partial charge in [-0.2, -0.15) is 0 Å². The molecule has 0 bridgehead atoms. The predicted octanol–water partition coefficient (Wildman–Crippen LogP) is 1.93. The molecular formula is C8H7. The van der Waals surface area contributed by atoms with Crippen LogP contribution in [0, 0.1) is 13.8 Å². The molecule has 0 aliphatic heterocycles. The Morgan fingerprint density at radius 3 is 2.25 bits per heavy atom. The largest absolute Gasteiger partial charge is 0.0620 e. The summed E-state index contributed by atoms with van der Waals surface area (Å²) < 4.78 is 0. The minimum Gasteiger partial charge on any atom is -0.0620 e. The van der Waals surface area contributed by atoms with Gasteiger partial charge in [0.15, 0.2) is 0 Å². The topological polar surface area (TPSA) is 0 Å². The van der Waals surface area contributed by atoms with Gasteiger partial charge in [0, 0.05) is 6.92 Å². The normalized spacial score (nSPS) is 9.25. The molecule has 0 saturated carbocycles. The molecule has 3 radical (unpaired) electrons. The van der Waals surface area contributed by atoms with Gasteiger partial charge in [0.05, 0.1) is 0 Å². The second kappa shape index (κ2) is 1.99. The molecule has 0 aliphatic rings. The van der Waals surface area contributed by atoms with Gasteiger partial charge in [-0.05, 0) is 18.1 Å². The summed E-state index contributed by atoms with van der Waals surface area (Å²) in [5.74, 6) is 0. The molecule has 39 valence electrons. The van der Waals surface area contributed by atoms with E-state index in [0.29, 0.717) is 5.56 Å². The van der Waals surface area contributed by atoms with E-state index in [1.807, 2.05) is 25.1 Å². The fourth-order valence-corrected chi connectivity index (χ4v) is 0.573. The standard InChI is InChI=1S/C8H7/c1-7-5-3-4-6-8(7)2/h3-6H,1H3. The third-order valence-corrected chi connectivity index (χ3v) is 1.15. The molecule has 0 nitrogen and oxygen atoms in total. The van der Waals surface area contributed by atoms with Crippen LogP contribution in [0.2, 0.25) is 0 Å². The summed E-state index contributed by atoms with van der Waals surface area (Å²) in [6.07, 6.45) is 0. The van der Waals surface area contributed by atoms with Gasteiger partial charge < -0.3 is 0 Å². The maximum absolute atomic E-state index is 7.22. The maximum atomic E-state index is 7.22. The summed E-state index contributed by atoms with van der Waals surface area (Å²) in [6, 6.07) is 7.53. The van der Waals surface area contributed by atoms with E-state index >= 15 is 0 Å². The minimum atomic E-state index is 0.618. The van der Waals surface area contributed by atoms with Crippen LogP contribution in [0.15, 0.2) is 24.3 Å². The number of rotatable bonds is 0. The van der Waals surface area contributed by atoms with Crippen molar-refractivity contribution in [3.63, 3.8) is 0 Å². The Labute approximate surface area is 50.2 Å². The zero-order valence-electron chi connectivity index (χ0n) is 4.81. The smallest absolute Gasteiger partial charge is 0.0302 e. The highest BCUT2D eigenvalue weighted by atomic mass is 13.9. The van der Waals surface area contributed by atoms with Crippen molar-refractivity contribution < 1.29 is 0 Å². The Morgan fingerprint density at radius 1 is 1.25 bits per heavy atom. The van der Waals surface area contributed by atoms with Gasteiger partial charge in [-0.3, -0.25) is 0 Å². The number of hydrogen-bond donors (Lipinski definition) is 0. The van der Waals surface area contributed by atoms with E-state index in [-0.39, 0.29) is 0 Å². The number of benzene rings is 1. The van der Waals surface area contributed by atoms with Crippen LogP contribution in [-0.4, -0.2) is 0 Å². The fraction of sp³-hybridized carbons (Fsp3) is 0.125. The van der Waals surface area contributed by atoms with E-state index in [0.717, 1.165) is 5.56 Å². The zero-order valence-corrected chi connectivity index (χ0v) is 4.81. The lowest BCUT2D eigenvalue weighted by Crippen LogP contribution is -1.74. The second-order valence-electron chi connectivity index (χ2n) is 1.81. The van der Waals surface area contributed by atoms with Crippen LogP contribution in [0.1, 0.15) is 11.1 Å². The van der Waals surface area contributed by atoms with Gasteiger partial charge in [-0.15, -0.1) is 0 Å². The summed E-state index contributed by atoms with van der Waals surface area (Å²) >= 11 is 0. The molecule has 8 heavy (non-hydrogen) atoms. The molecule has 1 aromatic carbocycles. The lowest BCUT2D eigenvalue weighted by Gasteiger charge is -1.92. The number of aryl methyl sites for hydroxylation is 1. The lowest BCUT2D eigenvalue weighted by atomic mass is 10.1. The third-order valence-electron chi connectivity index (χ3n) is 1.15. The molecule has 1 aromatic rings. The van der Waals surface area contributed by atoms with Crippen molar-refractivity contribution in [1.82, 2.24) is 0 Å². The monoisotopic (exact) mass is 103 g/mol. The Morgan fingerprint density at radius 2 is 1.88 bits per heavy atom. The van der Waals surface area contributed by atoms with Crippen LogP contribution < -0.4 is 0 Å². The van der Waals surface area contributed by atoms with E-state index in [4.69, 9.17) is 6.92 Å². The van der Waals surface area contributed by atoms with E-state index in [1.165, 1.54) is 0 Å². The van der Waals surface area contributed by atoms with Crippen molar-refractivity contribution in [1.29, 1.82) is 0 Å². The van der Waals surface area contributed by atoms with Crippen LogP contribution >= 0.6 is 0 Å². The highest BCUT2D eigenvalue weighted by molar-refractivity contribution is 5.27. The lowest BCUT2D eigenvalue weighted by molar-refractivity contribution is 1.42. The Bertz CT molecular complexity index is 156. The molecule has 1 rings (SSSR count). The molecule has 0 amide bonds. The van der Waals surface area contributed by atoms with E-state index in [1.54, 1.807) is 6.07 Å². The Hall–Kier alpha value is -0.780. The molecule has 0 spiro atoms. The van der Waals surface area contributed by atoms with Crippen molar-refractivity contribution in [3.8, 4) is 0 Å². The quantitative estimate of drug-likeness (QED) is 0.470.